The first-order valence-electron chi connectivity index (χ1n) is 8.61. The average molecular weight is 337 g/mol. The average Bonchev–Trinajstić information content (AvgIpc) is 3.02. The minimum atomic E-state index is -0.325. The molecule has 0 unspecified atom stereocenters. The Bertz CT molecular complexity index is 1260. The van der Waals surface area contributed by atoms with Crippen LogP contribution < -0.4 is 4.65 Å². The summed E-state index contributed by atoms with van der Waals surface area (Å²) >= 11 is 0. The largest absolute Gasteiger partial charge is 0.539 e. The van der Waals surface area contributed by atoms with Gasteiger partial charge in [-0.2, -0.15) is 0 Å². The molecule has 3 nitrogen and oxygen atoms in total. The van der Waals surface area contributed by atoms with Crippen molar-refractivity contribution in [1.29, 1.82) is 0 Å². The van der Waals surface area contributed by atoms with Gasteiger partial charge >= 0.3 is 7.69 Å². The van der Waals surface area contributed by atoms with Crippen molar-refractivity contribution in [2.45, 2.75) is 0 Å². The molecular weight excluding hydrogens is 321 g/mol. The summed E-state index contributed by atoms with van der Waals surface area (Å²) in [5.74, 6) is 0.668. The van der Waals surface area contributed by atoms with Crippen molar-refractivity contribution in [2.24, 2.45) is 0 Å². The second-order valence-electron chi connectivity index (χ2n) is 6.34. The predicted octanol–water partition coefficient (Wildman–Crippen LogP) is 4.57. The minimum Gasteiger partial charge on any atom is -0.539 e. The van der Waals surface area contributed by atoms with Crippen LogP contribution in [0.1, 0.15) is 0 Å². The fourth-order valence-electron chi connectivity index (χ4n) is 3.71. The van der Waals surface area contributed by atoms with E-state index in [0.717, 1.165) is 22.1 Å². The molecule has 5 rings (SSSR count). The maximum atomic E-state index is 9.06. The van der Waals surface area contributed by atoms with Gasteiger partial charge in [-0.3, -0.25) is 0 Å². The van der Waals surface area contributed by atoms with Crippen molar-refractivity contribution >= 4 is 40.3 Å². The second kappa shape index (κ2) is 5.93. The smallest absolute Gasteiger partial charge is 0.504 e. The van der Waals surface area contributed by atoms with Gasteiger partial charge in [0.25, 0.3) is 0 Å². The van der Waals surface area contributed by atoms with E-state index >= 15 is 0 Å². The first-order valence-corrected chi connectivity index (χ1v) is 8.61. The highest BCUT2D eigenvalue weighted by Crippen LogP contribution is 2.34. The fraction of sp³-hybridized carbons (Fsp3) is 0. The third kappa shape index (κ3) is 2.27. The zero-order valence-electron chi connectivity index (χ0n) is 14.1. The van der Waals surface area contributed by atoms with Gasteiger partial charge in [-0.05, 0) is 47.2 Å². The molecule has 0 atom stereocenters. The van der Waals surface area contributed by atoms with Crippen molar-refractivity contribution in [3.8, 4) is 11.4 Å². The summed E-state index contributed by atoms with van der Waals surface area (Å²) in [5.41, 5.74) is 3.40. The van der Waals surface area contributed by atoms with E-state index in [1.807, 2.05) is 18.2 Å². The van der Waals surface area contributed by atoms with Crippen LogP contribution in [-0.4, -0.2) is 17.3 Å². The van der Waals surface area contributed by atoms with Crippen LogP contribution in [0.3, 0.4) is 0 Å². The summed E-state index contributed by atoms with van der Waals surface area (Å²) in [6, 6.07) is 29.2. The summed E-state index contributed by atoms with van der Waals surface area (Å²) in [6.07, 6.45) is 0. The van der Waals surface area contributed by atoms with E-state index in [2.05, 4.69) is 71.3 Å². The molecule has 0 fully saturated rings. The Morgan fingerprint density at radius 1 is 0.692 bits per heavy atom. The molecule has 0 aliphatic rings. The predicted molar refractivity (Wildman–Crippen MR) is 108 cm³/mol. The van der Waals surface area contributed by atoms with Gasteiger partial charge in [0.05, 0.1) is 11.0 Å². The Labute approximate surface area is 151 Å². The van der Waals surface area contributed by atoms with Crippen molar-refractivity contribution < 1.29 is 9.68 Å². The van der Waals surface area contributed by atoms with E-state index in [4.69, 9.17) is 9.68 Å². The molecule has 0 aliphatic heterocycles. The van der Waals surface area contributed by atoms with Gasteiger partial charge in [-0.1, -0.05) is 48.5 Å². The van der Waals surface area contributed by atoms with Crippen LogP contribution in [0.15, 0.2) is 84.9 Å². The summed E-state index contributed by atoms with van der Waals surface area (Å²) in [6.45, 7) is 0. The monoisotopic (exact) mass is 337 g/mol. The van der Waals surface area contributed by atoms with Gasteiger partial charge in [0.15, 0.2) is 0 Å². The molecule has 0 aliphatic carbocycles. The van der Waals surface area contributed by atoms with Crippen molar-refractivity contribution in [3.63, 3.8) is 0 Å². The number of hydrogen-bond acceptors (Lipinski definition) is 2. The topological polar surface area (TPSA) is 34.4 Å². The Morgan fingerprint density at radius 3 is 2.35 bits per heavy atom. The van der Waals surface area contributed by atoms with Gasteiger partial charge in [0.2, 0.25) is 0 Å². The minimum absolute atomic E-state index is 0.325. The van der Waals surface area contributed by atoms with Crippen LogP contribution in [0.4, 0.5) is 0 Å². The number of nitrogens with zero attached hydrogens (tertiary/aromatic N) is 1. The number of aromatic nitrogens is 1. The van der Waals surface area contributed by atoms with Crippen LogP contribution in [-0.2, 0) is 0 Å². The van der Waals surface area contributed by atoms with E-state index in [1.54, 1.807) is 0 Å². The lowest BCUT2D eigenvalue weighted by Crippen LogP contribution is -1.99. The van der Waals surface area contributed by atoms with E-state index < -0.39 is 0 Å². The lowest BCUT2D eigenvalue weighted by molar-refractivity contribution is 0.454. The summed E-state index contributed by atoms with van der Waals surface area (Å²) in [4.78, 5) is 0. The Morgan fingerprint density at radius 2 is 1.46 bits per heavy atom. The van der Waals surface area contributed by atoms with Crippen molar-refractivity contribution in [3.05, 3.63) is 84.9 Å². The highest BCUT2D eigenvalue weighted by Gasteiger charge is 2.13. The van der Waals surface area contributed by atoms with Gasteiger partial charge in [-0.15, -0.1) is 0 Å². The standard InChI is InChI=1S/C22H16BNO2/c25-23-26-18-11-12-22-20(14-18)19-7-3-4-8-21(19)24(22)17-10-9-15-5-1-2-6-16(15)13-17/h1-14,23,25H. The van der Waals surface area contributed by atoms with Crippen LogP contribution in [0.5, 0.6) is 5.75 Å². The van der Waals surface area contributed by atoms with Crippen molar-refractivity contribution in [1.82, 2.24) is 4.57 Å². The number of rotatable bonds is 3. The molecule has 124 valence electrons. The third-order valence-electron chi connectivity index (χ3n) is 4.87. The summed E-state index contributed by atoms with van der Waals surface area (Å²) in [5, 5.41) is 13.8. The highest BCUT2D eigenvalue weighted by molar-refractivity contribution is 6.17. The first-order chi connectivity index (χ1) is 12.8. The molecule has 4 heteroatoms. The van der Waals surface area contributed by atoms with E-state index in [-0.39, 0.29) is 7.69 Å². The second-order valence-corrected chi connectivity index (χ2v) is 6.34. The molecule has 0 amide bonds. The normalized spacial score (nSPS) is 11.3. The summed E-state index contributed by atoms with van der Waals surface area (Å²) in [7, 11) is -0.325. The lowest BCUT2D eigenvalue weighted by atomic mass is 10.1. The molecule has 5 aromatic rings. The molecule has 0 spiro atoms. The molecule has 0 saturated carbocycles. The lowest BCUT2D eigenvalue weighted by Gasteiger charge is -2.09. The van der Waals surface area contributed by atoms with Gasteiger partial charge in [0, 0.05) is 16.5 Å². The molecule has 1 aromatic heterocycles. The maximum absolute atomic E-state index is 9.06. The fourth-order valence-corrected chi connectivity index (χ4v) is 3.71. The van der Waals surface area contributed by atoms with Gasteiger partial charge < -0.3 is 14.2 Å². The van der Waals surface area contributed by atoms with Gasteiger partial charge in [0.1, 0.15) is 5.75 Å². The van der Waals surface area contributed by atoms with Crippen LogP contribution in [0, 0.1) is 0 Å². The summed E-state index contributed by atoms with van der Waals surface area (Å²) < 4.78 is 7.56. The number of benzene rings is 4. The Kier molecular flexibility index (Phi) is 3.44. The SMILES string of the molecule is OBOc1ccc2c(c1)c1ccccc1n2-c1ccc2ccccc2c1. The van der Waals surface area contributed by atoms with Crippen LogP contribution in [0.2, 0.25) is 0 Å². The van der Waals surface area contributed by atoms with E-state index in [1.165, 1.54) is 16.2 Å². The van der Waals surface area contributed by atoms with Gasteiger partial charge in [-0.25, -0.2) is 0 Å². The highest BCUT2D eigenvalue weighted by atomic mass is 16.5. The van der Waals surface area contributed by atoms with E-state index in [9.17, 15) is 0 Å². The van der Waals surface area contributed by atoms with E-state index in [0.29, 0.717) is 5.75 Å². The first kappa shape index (κ1) is 15.1. The molecular formula is C22H16BNO2. The molecule has 0 saturated heterocycles. The number of fused-ring (bicyclic) bond motifs is 4. The zero-order valence-corrected chi connectivity index (χ0v) is 14.1. The number of para-hydroxylation sites is 1. The van der Waals surface area contributed by atoms with Crippen LogP contribution in [0.25, 0.3) is 38.3 Å². The maximum Gasteiger partial charge on any atom is 0.504 e. The van der Waals surface area contributed by atoms with Crippen molar-refractivity contribution in [2.75, 3.05) is 0 Å². The Balaban J connectivity index is 1.84. The molecule has 1 heterocycles. The zero-order chi connectivity index (χ0) is 17.5. The number of hydrogen-bond donors (Lipinski definition) is 1. The molecule has 26 heavy (non-hydrogen) atoms. The molecule has 0 bridgehead atoms. The molecule has 1 N–H and O–H groups in total. The quantitative estimate of drug-likeness (QED) is 0.489. The molecule has 0 radical (unpaired) electrons. The third-order valence-corrected chi connectivity index (χ3v) is 4.87. The Hall–Kier alpha value is -3.24. The van der Waals surface area contributed by atoms with Crippen LogP contribution >= 0.6 is 0 Å². The molecule has 4 aromatic carbocycles.